The van der Waals surface area contributed by atoms with Gasteiger partial charge in [-0.05, 0) is 38.1 Å². The van der Waals surface area contributed by atoms with Crippen molar-refractivity contribution in [2.24, 2.45) is 4.99 Å². The van der Waals surface area contributed by atoms with E-state index in [9.17, 15) is 14.7 Å². The number of methoxy groups -OCH3 is 2. The lowest BCUT2D eigenvalue weighted by atomic mass is 10.0. The Bertz CT molecular complexity index is 1150. The Morgan fingerprint density at radius 1 is 1.13 bits per heavy atom. The third-order valence-electron chi connectivity index (χ3n) is 4.66. The van der Waals surface area contributed by atoms with Crippen molar-refractivity contribution in [1.82, 2.24) is 14.5 Å². The summed E-state index contributed by atoms with van der Waals surface area (Å²) in [7, 11) is 2.91. The van der Waals surface area contributed by atoms with Gasteiger partial charge >= 0.3 is 12.0 Å². The monoisotopic (exact) mass is 422 g/mol. The molecule has 0 bridgehead atoms. The van der Waals surface area contributed by atoms with Crippen molar-refractivity contribution in [3.8, 4) is 17.6 Å². The lowest BCUT2D eigenvalue weighted by Crippen LogP contribution is -2.11. The van der Waals surface area contributed by atoms with Gasteiger partial charge in [0.25, 0.3) is 0 Å². The summed E-state index contributed by atoms with van der Waals surface area (Å²) in [6.07, 6.45) is 2.93. The predicted molar refractivity (Wildman–Crippen MR) is 114 cm³/mol. The Hall–Kier alpha value is -4.01. The highest BCUT2D eigenvalue weighted by Gasteiger charge is 2.17. The molecule has 0 saturated heterocycles. The van der Waals surface area contributed by atoms with Gasteiger partial charge in [-0.1, -0.05) is 6.07 Å². The number of aliphatic imine (C=N–C) groups is 1. The molecule has 0 unspecified atom stereocenters. The predicted octanol–water partition coefficient (Wildman–Crippen LogP) is 2.90. The van der Waals surface area contributed by atoms with Gasteiger partial charge in [0.15, 0.2) is 5.78 Å². The van der Waals surface area contributed by atoms with Crippen LogP contribution in [0.4, 0.5) is 0 Å². The van der Waals surface area contributed by atoms with Crippen molar-refractivity contribution >= 4 is 18.0 Å². The molecule has 9 nitrogen and oxygen atoms in total. The Kier molecular flexibility index (Phi) is 6.44. The standard InChI is InChI=1S/C22H22N4O5/c1-13-5-6-14(2)26(13)18-9-15(7-8-17(18)21(28)29)19(27)12-23-10-16-11-24-22(31-4)25-20(16)30-3/h5-11H,12H2,1-4H3,(H,28,29). The van der Waals surface area contributed by atoms with Gasteiger partial charge in [-0.3, -0.25) is 9.79 Å². The summed E-state index contributed by atoms with van der Waals surface area (Å²) >= 11 is 0. The van der Waals surface area contributed by atoms with E-state index < -0.39 is 5.97 Å². The fraction of sp³-hybridized carbons (Fsp3) is 0.227. The van der Waals surface area contributed by atoms with Crippen LogP contribution in [0.2, 0.25) is 0 Å². The second-order valence-corrected chi connectivity index (χ2v) is 6.70. The third-order valence-corrected chi connectivity index (χ3v) is 4.66. The molecule has 0 aliphatic heterocycles. The van der Waals surface area contributed by atoms with Gasteiger partial charge in [-0.15, -0.1) is 0 Å². The second-order valence-electron chi connectivity index (χ2n) is 6.70. The number of aromatic nitrogens is 3. The van der Waals surface area contributed by atoms with Crippen molar-refractivity contribution in [2.75, 3.05) is 20.8 Å². The molecule has 0 fully saturated rings. The molecule has 1 N–H and O–H groups in total. The summed E-state index contributed by atoms with van der Waals surface area (Å²) in [4.78, 5) is 36.6. The minimum absolute atomic E-state index is 0.113. The zero-order chi connectivity index (χ0) is 22.5. The van der Waals surface area contributed by atoms with Crippen molar-refractivity contribution in [1.29, 1.82) is 0 Å². The zero-order valence-electron chi connectivity index (χ0n) is 17.6. The normalized spacial score (nSPS) is 11.0. The number of aryl methyl sites for hydroxylation is 2. The summed E-state index contributed by atoms with van der Waals surface area (Å²) in [6, 6.07) is 8.46. The Labute approximate surface area is 179 Å². The molecule has 3 aromatic rings. The van der Waals surface area contributed by atoms with Gasteiger partial charge in [0, 0.05) is 29.4 Å². The van der Waals surface area contributed by atoms with E-state index >= 15 is 0 Å². The number of hydrogen-bond donors (Lipinski definition) is 1. The number of aromatic carboxylic acids is 1. The maximum atomic E-state index is 12.7. The lowest BCUT2D eigenvalue weighted by Gasteiger charge is -2.14. The van der Waals surface area contributed by atoms with Crippen LogP contribution in [0.3, 0.4) is 0 Å². The first-order valence-electron chi connectivity index (χ1n) is 9.36. The van der Waals surface area contributed by atoms with Crippen LogP contribution in [0.15, 0.2) is 41.5 Å². The number of ketones is 1. The Balaban J connectivity index is 1.87. The smallest absolute Gasteiger partial charge is 0.337 e. The fourth-order valence-corrected chi connectivity index (χ4v) is 3.15. The average Bonchev–Trinajstić information content (AvgIpc) is 3.10. The molecule has 0 amide bonds. The number of rotatable bonds is 8. The summed E-state index contributed by atoms with van der Waals surface area (Å²) in [6.45, 7) is 3.62. The minimum Gasteiger partial charge on any atom is -0.480 e. The lowest BCUT2D eigenvalue weighted by molar-refractivity contribution is 0.0696. The van der Waals surface area contributed by atoms with Crippen LogP contribution in [0, 0.1) is 13.8 Å². The van der Waals surface area contributed by atoms with E-state index in [1.807, 2.05) is 30.5 Å². The number of benzene rings is 1. The second kappa shape index (κ2) is 9.21. The van der Waals surface area contributed by atoms with E-state index in [1.165, 1.54) is 38.8 Å². The number of carbonyl (C=O) groups is 2. The number of Topliss-reactive ketones (excluding diaryl/α,β-unsaturated/α-hetero) is 1. The minimum atomic E-state index is -1.06. The van der Waals surface area contributed by atoms with E-state index in [1.54, 1.807) is 6.07 Å². The maximum Gasteiger partial charge on any atom is 0.337 e. The molecule has 31 heavy (non-hydrogen) atoms. The molecule has 3 rings (SSSR count). The van der Waals surface area contributed by atoms with Crippen LogP contribution in [-0.4, -0.2) is 58.4 Å². The van der Waals surface area contributed by atoms with E-state index in [2.05, 4.69) is 15.0 Å². The third kappa shape index (κ3) is 4.61. The van der Waals surface area contributed by atoms with Gasteiger partial charge in [0.05, 0.1) is 31.0 Å². The molecule has 0 radical (unpaired) electrons. The number of carboxylic acids is 1. The molecule has 1 aromatic carbocycles. The first-order chi connectivity index (χ1) is 14.8. The molecule has 160 valence electrons. The first kappa shape index (κ1) is 21.7. The number of nitrogens with zero attached hydrogens (tertiary/aromatic N) is 4. The molecular weight excluding hydrogens is 400 g/mol. The van der Waals surface area contributed by atoms with E-state index in [0.717, 1.165) is 11.4 Å². The summed E-state index contributed by atoms with van der Waals surface area (Å²) in [5, 5.41) is 9.58. The van der Waals surface area contributed by atoms with E-state index in [-0.39, 0.29) is 29.8 Å². The summed E-state index contributed by atoms with van der Waals surface area (Å²) in [5.74, 6) is -1.05. The van der Waals surface area contributed by atoms with Gasteiger partial charge in [0.1, 0.15) is 6.54 Å². The highest BCUT2D eigenvalue weighted by atomic mass is 16.5. The topological polar surface area (TPSA) is 116 Å². The molecule has 0 aliphatic rings. The van der Waals surface area contributed by atoms with Gasteiger partial charge < -0.3 is 19.1 Å². The highest BCUT2D eigenvalue weighted by molar-refractivity contribution is 6.01. The average molecular weight is 422 g/mol. The quantitative estimate of drug-likeness (QED) is 0.438. The number of carboxylic acid groups (broad SMARTS) is 1. The van der Waals surface area contributed by atoms with E-state index in [4.69, 9.17) is 9.47 Å². The van der Waals surface area contributed by atoms with E-state index in [0.29, 0.717) is 16.8 Å². The molecular formula is C22H22N4O5. The number of hydrogen-bond acceptors (Lipinski definition) is 7. The molecule has 0 atom stereocenters. The van der Waals surface area contributed by atoms with Crippen molar-refractivity contribution in [3.63, 3.8) is 0 Å². The van der Waals surface area contributed by atoms with Crippen LogP contribution in [0.1, 0.15) is 37.7 Å². The Morgan fingerprint density at radius 2 is 1.84 bits per heavy atom. The maximum absolute atomic E-state index is 12.7. The van der Waals surface area contributed by atoms with Gasteiger partial charge in [-0.25, -0.2) is 9.78 Å². The van der Waals surface area contributed by atoms with Gasteiger partial charge in [0.2, 0.25) is 5.88 Å². The largest absolute Gasteiger partial charge is 0.480 e. The zero-order valence-corrected chi connectivity index (χ0v) is 17.6. The molecule has 9 heteroatoms. The first-order valence-corrected chi connectivity index (χ1v) is 9.36. The molecule has 2 aromatic heterocycles. The van der Waals surface area contributed by atoms with Crippen LogP contribution < -0.4 is 9.47 Å². The number of carbonyl (C=O) groups excluding carboxylic acids is 1. The summed E-state index contributed by atoms with van der Waals surface area (Å²) in [5.41, 5.74) is 3.15. The SMILES string of the molecule is COc1ncc(C=NCC(=O)c2ccc(C(=O)O)c(-n3c(C)ccc3C)c2)c(OC)n1. The van der Waals surface area contributed by atoms with Gasteiger partial charge in [-0.2, -0.15) is 4.98 Å². The van der Waals surface area contributed by atoms with Crippen LogP contribution in [0.5, 0.6) is 11.9 Å². The molecule has 2 heterocycles. The fourth-order valence-electron chi connectivity index (χ4n) is 3.15. The summed E-state index contributed by atoms with van der Waals surface area (Å²) < 4.78 is 11.9. The van der Waals surface area contributed by atoms with Crippen LogP contribution in [-0.2, 0) is 0 Å². The van der Waals surface area contributed by atoms with Crippen LogP contribution in [0.25, 0.3) is 5.69 Å². The van der Waals surface area contributed by atoms with Crippen LogP contribution >= 0.6 is 0 Å². The van der Waals surface area contributed by atoms with Crippen molar-refractivity contribution < 1.29 is 24.2 Å². The van der Waals surface area contributed by atoms with Crippen molar-refractivity contribution in [3.05, 3.63) is 64.6 Å². The highest BCUT2D eigenvalue weighted by Crippen LogP contribution is 2.23. The molecule has 0 saturated carbocycles. The van der Waals surface area contributed by atoms with Crippen molar-refractivity contribution in [2.45, 2.75) is 13.8 Å². The molecule has 0 aliphatic carbocycles. The number of ether oxygens (including phenoxy) is 2. The Morgan fingerprint density at radius 3 is 2.45 bits per heavy atom. The molecule has 0 spiro atoms.